The summed E-state index contributed by atoms with van der Waals surface area (Å²) in [5.41, 5.74) is 9.80. The van der Waals surface area contributed by atoms with Gasteiger partial charge in [-0.1, -0.05) is 35.4 Å². The van der Waals surface area contributed by atoms with E-state index in [4.69, 9.17) is 34.3 Å². The molecule has 0 N–H and O–H groups in total. The number of hydrogen-bond acceptors (Lipinski definition) is 9. The van der Waals surface area contributed by atoms with Crippen molar-refractivity contribution in [2.45, 2.75) is 50.0 Å². The van der Waals surface area contributed by atoms with Crippen LogP contribution in [0.1, 0.15) is 18.8 Å². The number of hydrogen-bond donors (Lipinski definition) is 0. The molecule has 0 bridgehead atoms. The first kappa shape index (κ1) is 21.5. The molecule has 1 unspecified atom stereocenters. The van der Waals surface area contributed by atoms with Crippen LogP contribution in [-0.4, -0.2) is 63.5 Å². The number of fused-ring (bicyclic) bond motifs is 1. The summed E-state index contributed by atoms with van der Waals surface area (Å²) < 4.78 is 27.6. The fourth-order valence-electron chi connectivity index (χ4n) is 3.18. The van der Waals surface area contributed by atoms with Crippen molar-refractivity contribution >= 4 is 5.97 Å². The normalized spacial score (nSPS) is 32.5. The Hall–Kier alpha value is -2.24. The molecule has 11 nitrogen and oxygen atoms in total. The summed E-state index contributed by atoms with van der Waals surface area (Å²) in [6, 6.07) is 8.42. The molecule has 11 heteroatoms. The molecule has 158 valence electrons. The molecule has 2 aliphatic rings. The molecular formula is C18H23N3O8. The lowest BCUT2D eigenvalue weighted by atomic mass is 9.96. The van der Waals surface area contributed by atoms with Crippen LogP contribution in [0.25, 0.3) is 10.4 Å². The average molecular weight is 409 g/mol. The van der Waals surface area contributed by atoms with Crippen LogP contribution in [0.4, 0.5) is 0 Å². The minimum Gasteiger partial charge on any atom is -0.467 e. The van der Waals surface area contributed by atoms with Gasteiger partial charge >= 0.3 is 5.97 Å². The molecule has 0 radical (unpaired) electrons. The van der Waals surface area contributed by atoms with E-state index in [1.165, 1.54) is 21.1 Å². The van der Waals surface area contributed by atoms with Crippen LogP contribution in [0, 0.1) is 0 Å². The van der Waals surface area contributed by atoms with E-state index in [1.54, 1.807) is 0 Å². The number of azide groups is 1. The number of esters is 1. The molecule has 0 spiro atoms. The summed E-state index contributed by atoms with van der Waals surface area (Å²) in [4.78, 5) is 25.2. The van der Waals surface area contributed by atoms with Crippen LogP contribution in [0.15, 0.2) is 35.4 Å². The van der Waals surface area contributed by atoms with E-state index < -0.39 is 49.0 Å². The zero-order valence-electron chi connectivity index (χ0n) is 16.2. The van der Waals surface area contributed by atoms with Gasteiger partial charge in [0.15, 0.2) is 18.7 Å². The lowest BCUT2D eigenvalue weighted by Crippen LogP contribution is -2.62. The van der Waals surface area contributed by atoms with Crippen molar-refractivity contribution in [2.24, 2.45) is 5.11 Å². The van der Waals surface area contributed by atoms with Gasteiger partial charge in [-0.15, -0.1) is 0 Å². The van der Waals surface area contributed by atoms with E-state index in [0.29, 0.717) is 0 Å². The molecule has 0 aromatic heterocycles. The topological polar surface area (TPSA) is 130 Å². The monoisotopic (exact) mass is 409 g/mol. The molecule has 7 atom stereocenters. The average Bonchev–Trinajstić information content (AvgIpc) is 2.77. The van der Waals surface area contributed by atoms with Crippen molar-refractivity contribution in [1.82, 2.24) is 0 Å². The third kappa shape index (κ3) is 4.85. The zero-order valence-corrected chi connectivity index (χ0v) is 16.2. The van der Waals surface area contributed by atoms with Crippen molar-refractivity contribution in [3.8, 4) is 0 Å². The van der Waals surface area contributed by atoms with Crippen molar-refractivity contribution in [3.63, 3.8) is 0 Å². The minimum absolute atomic E-state index is 0.194. The molecular weight excluding hydrogens is 386 g/mol. The standard InChI is InChI=1S/C18H23N3O8/c1-10(16(22)23-2)28-29-15-13(20-21-19)18(24-3)26-12-9-25-17(27-14(12)15)11-7-5-4-6-8-11/h4-8,10,12-15,17-18H,9H2,1-3H3/t10-,12-,13-,14-,15-,17?,18+/m1/s1. The molecule has 0 aliphatic carbocycles. The van der Waals surface area contributed by atoms with Crippen LogP contribution in [0.3, 0.4) is 0 Å². The lowest BCUT2D eigenvalue weighted by Gasteiger charge is -2.47. The first-order valence-electron chi connectivity index (χ1n) is 9.03. The number of nitrogens with zero attached hydrogens (tertiary/aromatic N) is 3. The summed E-state index contributed by atoms with van der Waals surface area (Å²) >= 11 is 0. The van der Waals surface area contributed by atoms with Gasteiger partial charge in [0, 0.05) is 17.6 Å². The van der Waals surface area contributed by atoms with Gasteiger partial charge in [0.1, 0.15) is 24.4 Å². The summed E-state index contributed by atoms with van der Waals surface area (Å²) in [7, 11) is 2.65. The van der Waals surface area contributed by atoms with E-state index in [0.717, 1.165) is 5.56 Å². The van der Waals surface area contributed by atoms with E-state index in [2.05, 4.69) is 14.8 Å². The molecule has 2 fully saturated rings. The number of benzene rings is 1. The Balaban J connectivity index is 1.82. The molecule has 1 aromatic rings. The second-order valence-corrected chi connectivity index (χ2v) is 6.47. The molecule has 3 rings (SSSR count). The maximum absolute atomic E-state index is 11.6. The minimum atomic E-state index is -1.00. The Bertz CT molecular complexity index is 729. The Morgan fingerprint density at radius 2 is 2.03 bits per heavy atom. The third-order valence-corrected chi connectivity index (χ3v) is 4.64. The first-order valence-corrected chi connectivity index (χ1v) is 9.03. The van der Waals surface area contributed by atoms with Gasteiger partial charge in [-0.3, -0.25) is 0 Å². The molecule has 2 heterocycles. The second kappa shape index (κ2) is 9.99. The number of rotatable bonds is 7. The molecule has 2 saturated heterocycles. The van der Waals surface area contributed by atoms with E-state index in [9.17, 15) is 4.79 Å². The summed E-state index contributed by atoms with van der Waals surface area (Å²) in [6.07, 6.45) is -4.77. The largest absolute Gasteiger partial charge is 0.467 e. The number of carbonyl (C=O) groups excluding carboxylic acids is 1. The maximum atomic E-state index is 11.6. The van der Waals surface area contributed by atoms with Crippen molar-refractivity contribution in [3.05, 3.63) is 46.3 Å². The Labute approximate surface area is 167 Å². The smallest absolute Gasteiger partial charge is 0.338 e. The van der Waals surface area contributed by atoms with Crippen LogP contribution in [-0.2, 0) is 38.3 Å². The van der Waals surface area contributed by atoms with Crippen LogP contribution in [0.2, 0.25) is 0 Å². The van der Waals surface area contributed by atoms with Gasteiger partial charge < -0.3 is 23.7 Å². The van der Waals surface area contributed by atoms with Crippen molar-refractivity contribution in [2.75, 3.05) is 20.8 Å². The highest BCUT2D eigenvalue weighted by Crippen LogP contribution is 2.36. The zero-order chi connectivity index (χ0) is 20.8. The molecule has 0 amide bonds. The number of ether oxygens (including phenoxy) is 5. The van der Waals surface area contributed by atoms with E-state index >= 15 is 0 Å². The maximum Gasteiger partial charge on any atom is 0.338 e. The Kier molecular flexibility index (Phi) is 7.40. The predicted molar refractivity (Wildman–Crippen MR) is 96.0 cm³/mol. The van der Waals surface area contributed by atoms with Crippen molar-refractivity contribution in [1.29, 1.82) is 0 Å². The highest BCUT2D eigenvalue weighted by Gasteiger charge is 2.51. The first-order chi connectivity index (χ1) is 14.1. The van der Waals surface area contributed by atoms with Gasteiger partial charge in [0.05, 0.1) is 13.7 Å². The van der Waals surface area contributed by atoms with Gasteiger partial charge in [-0.05, 0) is 12.5 Å². The van der Waals surface area contributed by atoms with Crippen LogP contribution < -0.4 is 0 Å². The highest BCUT2D eigenvalue weighted by atomic mass is 17.2. The number of methoxy groups -OCH3 is 2. The lowest BCUT2D eigenvalue weighted by molar-refractivity contribution is -0.413. The Morgan fingerprint density at radius 3 is 2.69 bits per heavy atom. The number of carbonyl (C=O) groups is 1. The Morgan fingerprint density at radius 1 is 1.28 bits per heavy atom. The summed E-state index contributed by atoms with van der Waals surface area (Å²) in [5, 5.41) is 3.74. The van der Waals surface area contributed by atoms with Gasteiger partial charge in [-0.2, -0.15) is 0 Å². The fourth-order valence-corrected chi connectivity index (χ4v) is 3.18. The molecule has 1 aromatic carbocycles. The van der Waals surface area contributed by atoms with E-state index in [1.807, 2.05) is 30.3 Å². The van der Waals surface area contributed by atoms with Crippen LogP contribution in [0.5, 0.6) is 0 Å². The van der Waals surface area contributed by atoms with Crippen molar-refractivity contribution < 1.29 is 38.3 Å². The van der Waals surface area contributed by atoms with Crippen LogP contribution >= 0.6 is 0 Å². The van der Waals surface area contributed by atoms with Gasteiger partial charge in [0.2, 0.25) is 0 Å². The fraction of sp³-hybridized carbons (Fsp3) is 0.611. The summed E-state index contributed by atoms with van der Waals surface area (Å²) in [5.74, 6) is -0.618. The molecule has 0 saturated carbocycles. The SMILES string of the molecule is COC(=O)[C@@H](C)OO[C@@H]1[C@@H](N=[N+]=[N-])[C@@H](OC)O[C@@H]2COC(c3ccccc3)O[C@@H]12. The second-order valence-electron chi connectivity index (χ2n) is 6.47. The molecule has 2 aliphatic heterocycles. The van der Waals surface area contributed by atoms with E-state index in [-0.39, 0.29) is 6.61 Å². The van der Waals surface area contributed by atoms with Gasteiger partial charge in [-0.25, -0.2) is 14.6 Å². The van der Waals surface area contributed by atoms with Gasteiger partial charge in [0.25, 0.3) is 0 Å². The predicted octanol–water partition coefficient (Wildman–Crippen LogP) is 2.03. The summed E-state index contributed by atoms with van der Waals surface area (Å²) in [6.45, 7) is 1.66. The third-order valence-electron chi connectivity index (χ3n) is 4.64. The quantitative estimate of drug-likeness (QED) is 0.167. The highest BCUT2D eigenvalue weighted by molar-refractivity contribution is 5.73. The molecule has 29 heavy (non-hydrogen) atoms.